The summed E-state index contributed by atoms with van der Waals surface area (Å²) in [7, 11) is 0. The van der Waals surface area contributed by atoms with Gasteiger partial charge in [-0.05, 0) is 24.3 Å². The smallest absolute Gasteiger partial charge is 0.289 e. The number of carbonyl (C=O) groups is 2. The predicted molar refractivity (Wildman–Crippen MR) is 90.7 cm³/mol. The minimum atomic E-state index is -0.789. The van der Waals surface area contributed by atoms with Gasteiger partial charge in [0, 0.05) is 12.7 Å². The van der Waals surface area contributed by atoms with Crippen molar-refractivity contribution in [3.63, 3.8) is 0 Å². The van der Waals surface area contributed by atoms with E-state index in [-0.39, 0.29) is 24.2 Å². The van der Waals surface area contributed by atoms with Crippen LogP contribution in [0.2, 0.25) is 0 Å². The van der Waals surface area contributed by atoms with Gasteiger partial charge in [0.1, 0.15) is 12.2 Å². The number of morpholine rings is 1. The molecule has 8 heteroatoms. The molecule has 0 radical (unpaired) electrons. The van der Waals surface area contributed by atoms with Crippen LogP contribution in [0.3, 0.4) is 0 Å². The van der Waals surface area contributed by atoms with Crippen LogP contribution in [0.25, 0.3) is 0 Å². The first-order chi connectivity index (χ1) is 12.7. The Hall–Kier alpha value is -2.71. The van der Waals surface area contributed by atoms with Crippen LogP contribution < -0.4 is 4.90 Å². The van der Waals surface area contributed by atoms with Gasteiger partial charge in [-0.1, -0.05) is 0 Å². The number of rotatable bonds is 2. The topological polar surface area (TPSA) is 85.1 Å². The molecular formula is C18H19N3O5. The Morgan fingerprint density at radius 2 is 2.15 bits per heavy atom. The Balaban J connectivity index is 1.57. The largest absolute Gasteiger partial charge is 0.459 e. The van der Waals surface area contributed by atoms with Crippen LogP contribution in [0.1, 0.15) is 10.6 Å². The Morgan fingerprint density at radius 3 is 2.92 bits per heavy atom. The molecule has 2 amide bonds. The Kier molecular flexibility index (Phi) is 4.44. The molecule has 26 heavy (non-hydrogen) atoms. The summed E-state index contributed by atoms with van der Waals surface area (Å²) in [4.78, 5) is 32.4. The highest BCUT2D eigenvalue weighted by Crippen LogP contribution is 2.27. The third-order valence-electron chi connectivity index (χ3n) is 4.58. The normalized spacial score (nSPS) is 23.9. The molecule has 0 aliphatic carbocycles. The Bertz CT molecular complexity index is 779. The van der Waals surface area contributed by atoms with E-state index >= 15 is 0 Å². The molecule has 2 aliphatic rings. The number of hydrogen-bond acceptors (Lipinski definition) is 6. The van der Waals surface area contributed by atoms with Gasteiger partial charge in [-0.15, -0.1) is 0 Å². The first-order valence-corrected chi connectivity index (χ1v) is 8.42. The number of hydrogen-bond donors (Lipinski definition) is 0. The van der Waals surface area contributed by atoms with E-state index in [1.165, 1.54) is 6.26 Å². The number of aromatic nitrogens is 1. The molecule has 2 fully saturated rings. The summed E-state index contributed by atoms with van der Waals surface area (Å²) in [6.07, 6.45) is 4.76. The van der Waals surface area contributed by atoms with Crippen molar-refractivity contribution < 1.29 is 23.5 Å². The number of furan rings is 1. The molecule has 4 rings (SSSR count). The molecule has 0 bridgehead atoms. The lowest BCUT2D eigenvalue weighted by atomic mass is 10.0. The molecule has 0 unspecified atom stereocenters. The number of carbonyl (C=O) groups excluding carboxylic acids is 2. The summed E-state index contributed by atoms with van der Waals surface area (Å²) in [6.45, 7) is 1.68. The van der Waals surface area contributed by atoms with Crippen molar-refractivity contribution in [3.05, 3.63) is 48.7 Å². The van der Waals surface area contributed by atoms with Crippen molar-refractivity contribution in [3.8, 4) is 0 Å². The average Bonchev–Trinajstić information content (AvgIpc) is 3.13. The van der Waals surface area contributed by atoms with E-state index in [1.807, 2.05) is 6.07 Å². The van der Waals surface area contributed by atoms with Crippen LogP contribution >= 0.6 is 0 Å². The summed E-state index contributed by atoms with van der Waals surface area (Å²) in [5.74, 6) is -0.0804. The molecule has 1 atom stereocenters. The molecule has 136 valence electrons. The standard InChI is InChI=1S/C18H19N3O5/c22-16-10-26-18(12-21(16)14-3-1-5-19-9-14)11-20(6-8-24-13-18)17(23)15-4-2-7-25-15/h1-5,7,9H,6,8,10-13H2/t18-/m0/s1. The molecule has 1 spiro atoms. The lowest BCUT2D eigenvalue weighted by molar-refractivity contribution is -0.145. The zero-order chi connectivity index (χ0) is 18.0. The van der Waals surface area contributed by atoms with E-state index in [2.05, 4.69) is 4.98 Å². The van der Waals surface area contributed by atoms with Crippen LogP contribution in [0.15, 0.2) is 47.3 Å². The highest BCUT2D eigenvalue weighted by atomic mass is 16.6. The predicted octanol–water partition coefficient (Wildman–Crippen LogP) is 0.949. The number of ether oxygens (including phenoxy) is 2. The van der Waals surface area contributed by atoms with Gasteiger partial charge in [-0.25, -0.2) is 0 Å². The fraction of sp³-hybridized carbons (Fsp3) is 0.389. The van der Waals surface area contributed by atoms with Crippen LogP contribution in [0.4, 0.5) is 5.69 Å². The van der Waals surface area contributed by atoms with Gasteiger partial charge in [0.2, 0.25) is 0 Å². The first kappa shape index (κ1) is 16.7. The van der Waals surface area contributed by atoms with Crippen LogP contribution in [-0.2, 0) is 14.3 Å². The molecule has 2 aromatic heterocycles. The van der Waals surface area contributed by atoms with Crippen LogP contribution in [0, 0.1) is 0 Å². The lowest BCUT2D eigenvalue weighted by Crippen LogP contribution is -2.61. The number of anilines is 1. The third-order valence-corrected chi connectivity index (χ3v) is 4.58. The number of nitrogens with zero attached hydrogens (tertiary/aromatic N) is 3. The fourth-order valence-electron chi connectivity index (χ4n) is 3.28. The lowest BCUT2D eigenvalue weighted by Gasteiger charge is -2.42. The van der Waals surface area contributed by atoms with Crippen molar-refractivity contribution in [2.75, 3.05) is 44.4 Å². The number of pyridine rings is 1. The van der Waals surface area contributed by atoms with E-state index < -0.39 is 5.60 Å². The number of amides is 2. The van der Waals surface area contributed by atoms with Gasteiger partial charge < -0.3 is 23.7 Å². The highest BCUT2D eigenvalue weighted by Gasteiger charge is 2.44. The SMILES string of the molecule is O=C(c1ccco1)N1CCOC[C@]2(C1)CN(c1cccnc1)C(=O)CO2. The molecule has 8 nitrogen and oxygen atoms in total. The molecule has 2 saturated heterocycles. The van der Waals surface area contributed by atoms with Crippen molar-refractivity contribution in [2.45, 2.75) is 5.60 Å². The molecule has 2 aliphatic heterocycles. The van der Waals surface area contributed by atoms with E-state index in [0.717, 1.165) is 0 Å². The summed E-state index contributed by atoms with van der Waals surface area (Å²) in [5, 5.41) is 0. The Morgan fingerprint density at radius 1 is 1.23 bits per heavy atom. The quantitative estimate of drug-likeness (QED) is 0.796. The van der Waals surface area contributed by atoms with Crippen molar-refractivity contribution in [1.29, 1.82) is 0 Å². The summed E-state index contributed by atoms with van der Waals surface area (Å²) in [6, 6.07) is 6.92. The summed E-state index contributed by atoms with van der Waals surface area (Å²) in [5.41, 5.74) is -0.0870. The molecule has 0 aromatic carbocycles. The summed E-state index contributed by atoms with van der Waals surface area (Å²) < 4.78 is 16.8. The zero-order valence-electron chi connectivity index (χ0n) is 14.2. The maximum absolute atomic E-state index is 12.7. The van der Waals surface area contributed by atoms with Gasteiger partial charge in [0.05, 0.1) is 44.5 Å². The van der Waals surface area contributed by atoms with Crippen molar-refractivity contribution in [2.24, 2.45) is 0 Å². The fourth-order valence-corrected chi connectivity index (χ4v) is 3.28. The minimum Gasteiger partial charge on any atom is -0.459 e. The monoisotopic (exact) mass is 357 g/mol. The van der Waals surface area contributed by atoms with Gasteiger partial charge in [0.25, 0.3) is 11.8 Å². The first-order valence-electron chi connectivity index (χ1n) is 8.42. The molecule has 0 saturated carbocycles. The van der Waals surface area contributed by atoms with Crippen molar-refractivity contribution in [1.82, 2.24) is 9.88 Å². The zero-order valence-corrected chi connectivity index (χ0v) is 14.2. The highest BCUT2D eigenvalue weighted by molar-refractivity contribution is 5.95. The third kappa shape index (κ3) is 3.21. The van der Waals surface area contributed by atoms with Gasteiger partial charge in [-0.3, -0.25) is 14.6 Å². The van der Waals surface area contributed by atoms with Gasteiger partial charge in [0.15, 0.2) is 5.76 Å². The second-order valence-corrected chi connectivity index (χ2v) is 6.42. The van der Waals surface area contributed by atoms with E-state index in [9.17, 15) is 9.59 Å². The van der Waals surface area contributed by atoms with Crippen molar-refractivity contribution >= 4 is 17.5 Å². The molecular weight excluding hydrogens is 338 g/mol. The molecule has 2 aromatic rings. The maximum atomic E-state index is 12.7. The minimum absolute atomic E-state index is 0.0684. The molecule has 0 N–H and O–H groups in total. The van der Waals surface area contributed by atoms with E-state index in [1.54, 1.807) is 40.4 Å². The summed E-state index contributed by atoms with van der Waals surface area (Å²) >= 11 is 0. The average molecular weight is 357 g/mol. The van der Waals surface area contributed by atoms with E-state index in [4.69, 9.17) is 13.9 Å². The van der Waals surface area contributed by atoms with E-state index in [0.29, 0.717) is 38.5 Å². The second-order valence-electron chi connectivity index (χ2n) is 6.42. The Labute approximate surface area is 150 Å². The second kappa shape index (κ2) is 6.89. The van der Waals surface area contributed by atoms with Gasteiger partial charge in [-0.2, -0.15) is 0 Å². The van der Waals surface area contributed by atoms with Crippen LogP contribution in [-0.4, -0.2) is 66.8 Å². The molecule has 4 heterocycles. The van der Waals surface area contributed by atoms with Crippen LogP contribution in [0.5, 0.6) is 0 Å². The van der Waals surface area contributed by atoms with Gasteiger partial charge >= 0.3 is 0 Å². The maximum Gasteiger partial charge on any atom is 0.289 e.